The van der Waals surface area contributed by atoms with Gasteiger partial charge in [0.1, 0.15) is 0 Å². The average Bonchev–Trinajstić information content (AvgIpc) is 3.39. The van der Waals surface area contributed by atoms with Crippen molar-refractivity contribution in [1.82, 2.24) is 10.3 Å². The number of hydrogen-bond donors (Lipinski definition) is 3. The van der Waals surface area contributed by atoms with Crippen LogP contribution in [-0.4, -0.2) is 23.3 Å². The van der Waals surface area contributed by atoms with Gasteiger partial charge in [-0.2, -0.15) is 0 Å². The molecule has 4 rings (SSSR count). The second-order valence-corrected chi connectivity index (χ2v) is 7.81. The third-order valence-electron chi connectivity index (χ3n) is 4.80. The Morgan fingerprint density at radius 2 is 1.93 bits per heavy atom. The maximum atomic E-state index is 12.8. The predicted molar refractivity (Wildman–Crippen MR) is 118 cm³/mol. The van der Waals surface area contributed by atoms with E-state index in [4.69, 9.17) is 0 Å². The summed E-state index contributed by atoms with van der Waals surface area (Å²) in [6, 6.07) is 19.3. The lowest BCUT2D eigenvalue weighted by Crippen LogP contribution is -2.28. The van der Waals surface area contributed by atoms with Crippen LogP contribution in [0, 0.1) is 0 Å². The molecule has 1 unspecified atom stereocenters. The van der Waals surface area contributed by atoms with Crippen molar-refractivity contribution in [2.75, 3.05) is 11.9 Å². The Kier molecular flexibility index (Phi) is 5.44. The second-order valence-electron chi connectivity index (χ2n) is 6.83. The number of carbonyl (C=O) groups excluding carboxylic acids is 2. The van der Waals surface area contributed by atoms with Gasteiger partial charge in [-0.1, -0.05) is 30.3 Å². The van der Waals surface area contributed by atoms with Crippen molar-refractivity contribution >= 4 is 39.7 Å². The summed E-state index contributed by atoms with van der Waals surface area (Å²) in [6.07, 6.45) is 2.03. The molecule has 146 valence electrons. The number of aromatic nitrogens is 1. The van der Waals surface area contributed by atoms with Crippen molar-refractivity contribution in [2.24, 2.45) is 0 Å². The summed E-state index contributed by atoms with van der Waals surface area (Å²) in [6.45, 7) is 1.92. The molecule has 2 aromatic heterocycles. The summed E-state index contributed by atoms with van der Waals surface area (Å²) in [5.74, 6) is -0.285. The minimum Gasteiger partial charge on any atom is -0.361 e. The van der Waals surface area contributed by atoms with Gasteiger partial charge in [-0.05, 0) is 41.3 Å². The Hall–Kier alpha value is -3.38. The highest BCUT2D eigenvalue weighted by atomic mass is 32.1. The fourth-order valence-electron chi connectivity index (χ4n) is 3.47. The number of benzene rings is 2. The van der Waals surface area contributed by atoms with Crippen molar-refractivity contribution in [1.29, 1.82) is 0 Å². The molecule has 6 heteroatoms. The topological polar surface area (TPSA) is 74.0 Å². The summed E-state index contributed by atoms with van der Waals surface area (Å²) in [7, 11) is 0. The number of para-hydroxylation sites is 1. The molecule has 0 aliphatic rings. The van der Waals surface area contributed by atoms with Crippen molar-refractivity contribution < 1.29 is 9.59 Å². The molecule has 2 heterocycles. The van der Waals surface area contributed by atoms with Crippen molar-refractivity contribution in [3.8, 4) is 0 Å². The normalized spacial score (nSPS) is 11.9. The molecule has 0 saturated heterocycles. The van der Waals surface area contributed by atoms with Crippen LogP contribution in [0.1, 0.15) is 33.6 Å². The predicted octanol–water partition coefficient (Wildman–Crippen LogP) is 4.75. The lowest BCUT2D eigenvalue weighted by molar-refractivity contribution is -0.114. The zero-order chi connectivity index (χ0) is 20.2. The highest BCUT2D eigenvalue weighted by Crippen LogP contribution is 2.32. The molecule has 0 radical (unpaired) electrons. The summed E-state index contributed by atoms with van der Waals surface area (Å²) in [4.78, 5) is 28.6. The van der Waals surface area contributed by atoms with Crippen LogP contribution in [0.5, 0.6) is 0 Å². The van der Waals surface area contributed by atoms with Crippen LogP contribution >= 0.6 is 11.3 Å². The van der Waals surface area contributed by atoms with E-state index in [-0.39, 0.29) is 17.7 Å². The van der Waals surface area contributed by atoms with E-state index in [2.05, 4.69) is 39.2 Å². The van der Waals surface area contributed by atoms with Gasteiger partial charge in [-0.3, -0.25) is 9.59 Å². The van der Waals surface area contributed by atoms with Crippen LogP contribution in [0.2, 0.25) is 0 Å². The van der Waals surface area contributed by atoms with Crippen molar-refractivity contribution in [2.45, 2.75) is 12.8 Å². The molecule has 1 atom stereocenters. The molecule has 0 fully saturated rings. The van der Waals surface area contributed by atoms with Gasteiger partial charge in [0.15, 0.2) is 0 Å². The molecule has 3 N–H and O–H groups in total. The van der Waals surface area contributed by atoms with Gasteiger partial charge < -0.3 is 15.6 Å². The van der Waals surface area contributed by atoms with Gasteiger partial charge in [0.25, 0.3) is 5.91 Å². The molecule has 0 saturated carbocycles. The second kappa shape index (κ2) is 8.32. The number of H-pyrrole nitrogens is 1. The summed E-state index contributed by atoms with van der Waals surface area (Å²) in [5, 5.41) is 8.98. The monoisotopic (exact) mass is 403 g/mol. The van der Waals surface area contributed by atoms with Gasteiger partial charge in [0, 0.05) is 52.6 Å². The van der Waals surface area contributed by atoms with E-state index in [9.17, 15) is 9.59 Å². The molecule has 4 aromatic rings. The van der Waals surface area contributed by atoms with E-state index < -0.39 is 0 Å². The van der Waals surface area contributed by atoms with Crippen LogP contribution in [0.25, 0.3) is 10.9 Å². The maximum Gasteiger partial charge on any atom is 0.251 e. The summed E-state index contributed by atoms with van der Waals surface area (Å²) in [5.41, 5.74) is 3.37. The van der Waals surface area contributed by atoms with E-state index in [1.54, 1.807) is 35.6 Å². The molecule has 5 nitrogen and oxygen atoms in total. The minimum absolute atomic E-state index is 0.0497. The zero-order valence-corrected chi connectivity index (χ0v) is 16.8. The number of thiophene rings is 1. The standard InChI is InChI=1S/C23H21N3O2S/c1-15(27)26-17-7-4-6-16(12-17)23(28)25-14-20(22-10-5-11-29-22)19-13-24-21-9-3-2-8-18(19)21/h2-13,20,24H,14H2,1H3,(H,25,28)(H,26,27). The zero-order valence-electron chi connectivity index (χ0n) is 15.9. The lowest BCUT2D eigenvalue weighted by Gasteiger charge is -2.16. The Bertz CT molecular complexity index is 1150. The lowest BCUT2D eigenvalue weighted by atomic mass is 9.96. The molecular formula is C23H21N3O2S. The third-order valence-corrected chi connectivity index (χ3v) is 5.78. The maximum absolute atomic E-state index is 12.8. The number of amides is 2. The molecular weight excluding hydrogens is 382 g/mol. The van der Waals surface area contributed by atoms with E-state index in [0.29, 0.717) is 17.8 Å². The molecule has 2 aromatic carbocycles. The number of aromatic amines is 1. The number of carbonyl (C=O) groups is 2. The average molecular weight is 404 g/mol. The molecule has 29 heavy (non-hydrogen) atoms. The smallest absolute Gasteiger partial charge is 0.251 e. The number of hydrogen-bond acceptors (Lipinski definition) is 3. The Labute approximate surface area is 172 Å². The first-order valence-electron chi connectivity index (χ1n) is 9.37. The van der Waals surface area contributed by atoms with Crippen LogP contribution in [0.4, 0.5) is 5.69 Å². The molecule has 0 aliphatic heterocycles. The van der Waals surface area contributed by atoms with Gasteiger partial charge >= 0.3 is 0 Å². The fourth-order valence-corrected chi connectivity index (χ4v) is 4.32. The van der Waals surface area contributed by atoms with E-state index in [1.807, 2.05) is 24.4 Å². The van der Waals surface area contributed by atoms with Gasteiger partial charge in [-0.15, -0.1) is 11.3 Å². The highest BCUT2D eigenvalue weighted by Gasteiger charge is 2.20. The first kappa shape index (κ1) is 19.0. The summed E-state index contributed by atoms with van der Waals surface area (Å²) >= 11 is 1.68. The molecule has 0 aliphatic carbocycles. The van der Waals surface area contributed by atoms with Gasteiger partial charge in [-0.25, -0.2) is 0 Å². The first-order valence-corrected chi connectivity index (χ1v) is 10.2. The number of anilines is 1. The Balaban J connectivity index is 1.57. The summed E-state index contributed by atoms with van der Waals surface area (Å²) < 4.78 is 0. The van der Waals surface area contributed by atoms with Crippen molar-refractivity contribution in [3.63, 3.8) is 0 Å². The Morgan fingerprint density at radius 1 is 1.07 bits per heavy atom. The largest absolute Gasteiger partial charge is 0.361 e. The van der Waals surface area contributed by atoms with Crippen LogP contribution < -0.4 is 10.6 Å². The quantitative estimate of drug-likeness (QED) is 0.435. The van der Waals surface area contributed by atoms with E-state index in [0.717, 1.165) is 16.5 Å². The molecule has 0 bridgehead atoms. The number of fused-ring (bicyclic) bond motifs is 1. The molecule has 2 amide bonds. The van der Waals surface area contributed by atoms with E-state index in [1.165, 1.54) is 11.8 Å². The SMILES string of the molecule is CC(=O)Nc1cccc(C(=O)NCC(c2cccs2)c2c[nH]c3ccccc23)c1. The van der Waals surface area contributed by atoms with Crippen LogP contribution in [0.15, 0.2) is 72.2 Å². The van der Waals surface area contributed by atoms with Gasteiger partial charge in [0.2, 0.25) is 5.91 Å². The molecule has 0 spiro atoms. The minimum atomic E-state index is -0.168. The Morgan fingerprint density at radius 3 is 2.72 bits per heavy atom. The van der Waals surface area contributed by atoms with Crippen LogP contribution in [0.3, 0.4) is 0 Å². The number of rotatable bonds is 6. The van der Waals surface area contributed by atoms with Gasteiger partial charge in [0.05, 0.1) is 0 Å². The van der Waals surface area contributed by atoms with Crippen LogP contribution in [-0.2, 0) is 4.79 Å². The third kappa shape index (κ3) is 4.22. The highest BCUT2D eigenvalue weighted by molar-refractivity contribution is 7.10. The van der Waals surface area contributed by atoms with E-state index >= 15 is 0 Å². The fraction of sp³-hybridized carbons (Fsp3) is 0.130. The van der Waals surface area contributed by atoms with Crippen molar-refractivity contribution in [3.05, 3.63) is 88.2 Å². The first-order chi connectivity index (χ1) is 14.1. The number of nitrogens with one attached hydrogen (secondary N) is 3.